The Morgan fingerprint density at radius 2 is 1.60 bits per heavy atom. The average molecular weight is 262 g/mol. The summed E-state index contributed by atoms with van der Waals surface area (Å²) in [7, 11) is 2.09. The van der Waals surface area contributed by atoms with Gasteiger partial charge in [-0.2, -0.15) is 0 Å². The van der Waals surface area contributed by atoms with Crippen LogP contribution in [-0.2, 0) is 13.5 Å². The number of hydrogen-bond donors (Lipinski definition) is 1. The number of para-hydroxylation sites is 1. The van der Waals surface area contributed by atoms with Crippen LogP contribution in [0.4, 0.5) is 0 Å². The molecule has 1 heterocycles. The molecule has 3 aromatic rings. The summed E-state index contributed by atoms with van der Waals surface area (Å²) in [4.78, 5) is 0. The molecule has 20 heavy (non-hydrogen) atoms. The molecule has 0 spiro atoms. The maximum absolute atomic E-state index is 8.51. The number of benzene rings is 2. The summed E-state index contributed by atoms with van der Waals surface area (Å²) >= 11 is 0. The highest BCUT2D eigenvalue weighted by molar-refractivity contribution is 5.83. The van der Waals surface area contributed by atoms with Crippen LogP contribution < -0.4 is 5.36 Å². The zero-order valence-electron chi connectivity index (χ0n) is 11.9. The van der Waals surface area contributed by atoms with Gasteiger partial charge in [0.1, 0.15) is 0 Å². The molecule has 100 valence electrons. The minimum atomic E-state index is 0.653. The van der Waals surface area contributed by atoms with Crippen molar-refractivity contribution in [1.29, 1.82) is 5.41 Å². The van der Waals surface area contributed by atoms with Gasteiger partial charge in [-0.25, -0.2) is 0 Å². The second-order valence-electron chi connectivity index (χ2n) is 5.00. The lowest BCUT2D eigenvalue weighted by atomic mass is 10.00. The van der Waals surface area contributed by atoms with Crippen LogP contribution >= 0.6 is 0 Å². The number of aryl methyl sites for hydroxylation is 1. The van der Waals surface area contributed by atoms with Crippen molar-refractivity contribution in [2.24, 2.45) is 7.05 Å². The van der Waals surface area contributed by atoms with Crippen molar-refractivity contribution in [1.82, 2.24) is 4.57 Å². The van der Waals surface area contributed by atoms with Crippen molar-refractivity contribution >= 4 is 10.9 Å². The molecular weight excluding hydrogens is 244 g/mol. The van der Waals surface area contributed by atoms with E-state index in [9.17, 15) is 0 Å². The smallest absolute Gasteiger partial charge is 0.0686 e. The lowest BCUT2D eigenvalue weighted by Crippen LogP contribution is -2.16. The number of fused-ring (bicyclic) bond motifs is 1. The molecule has 1 N–H and O–H groups in total. The van der Waals surface area contributed by atoms with E-state index < -0.39 is 0 Å². The summed E-state index contributed by atoms with van der Waals surface area (Å²) in [6.07, 6.45) is 0.863. The quantitative estimate of drug-likeness (QED) is 0.726. The molecule has 2 heteroatoms. The lowest BCUT2D eigenvalue weighted by Gasteiger charge is -2.18. The van der Waals surface area contributed by atoms with Crippen molar-refractivity contribution < 1.29 is 0 Å². The molecule has 0 fully saturated rings. The largest absolute Gasteiger partial charge is 0.343 e. The van der Waals surface area contributed by atoms with Gasteiger partial charge < -0.3 is 4.57 Å². The van der Waals surface area contributed by atoms with Crippen molar-refractivity contribution in [3.63, 3.8) is 0 Å². The van der Waals surface area contributed by atoms with Crippen LogP contribution in [0, 0.1) is 5.41 Å². The molecule has 2 aromatic carbocycles. The van der Waals surface area contributed by atoms with Crippen LogP contribution in [0.5, 0.6) is 0 Å². The molecule has 0 saturated carbocycles. The first-order chi connectivity index (χ1) is 9.74. The zero-order valence-corrected chi connectivity index (χ0v) is 11.9. The third-order valence-electron chi connectivity index (χ3n) is 3.86. The Labute approximate surface area is 118 Å². The van der Waals surface area contributed by atoms with Gasteiger partial charge in [-0.05, 0) is 18.1 Å². The fourth-order valence-electron chi connectivity index (χ4n) is 2.89. The second-order valence-corrected chi connectivity index (χ2v) is 5.00. The highest BCUT2D eigenvalue weighted by atomic mass is 14.9. The van der Waals surface area contributed by atoms with Gasteiger partial charge in [0.15, 0.2) is 0 Å². The monoisotopic (exact) mass is 262 g/mol. The van der Waals surface area contributed by atoms with E-state index in [1.807, 2.05) is 36.4 Å². The number of hydrogen-bond acceptors (Lipinski definition) is 1. The Balaban J connectivity index is 2.48. The van der Waals surface area contributed by atoms with E-state index >= 15 is 0 Å². The predicted octanol–water partition coefficient (Wildman–Crippen LogP) is 3.89. The Bertz CT molecular complexity index is 814. The second kappa shape index (κ2) is 4.97. The van der Waals surface area contributed by atoms with E-state index in [4.69, 9.17) is 5.41 Å². The third kappa shape index (κ3) is 1.85. The first-order valence-corrected chi connectivity index (χ1v) is 6.94. The van der Waals surface area contributed by atoms with Crippen molar-refractivity contribution in [3.8, 4) is 11.3 Å². The third-order valence-corrected chi connectivity index (χ3v) is 3.86. The van der Waals surface area contributed by atoms with Crippen LogP contribution in [0.1, 0.15) is 12.5 Å². The molecular formula is C18H18N2. The standard InChI is InChI=1S/C18H18N2/c1-3-14-17(19)15-11-7-8-12-16(15)20(2)18(14)13-9-5-4-6-10-13/h4-12,19H,3H2,1-2H3. The first kappa shape index (κ1) is 12.7. The minimum absolute atomic E-state index is 0.653. The zero-order chi connectivity index (χ0) is 14.1. The van der Waals surface area contributed by atoms with Crippen LogP contribution in [0.3, 0.4) is 0 Å². The maximum atomic E-state index is 8.51. The SMILES string of the molecule is CCc1c(-c2ccccc2)n(C)c2ccccc2c1=N. The summed E-state index contributed by atoms with van der Waals surface area (Å²) in [5, 5.41) is 10.2. The molecule has 0 aliphatic carbocycles. The topological polar surface area (TPSA) is 28.8 Å². The Hall–Kier alpha value is -2.35. The van der Waals surface area contributed by atoms with Gasteiger partial charge >= 0.3 is 0 Å². The van der Waals surface area contributed by atoms with Gasteiger partial charge in [-0.15, -0.1) is 0 Å². The van der Waals surface area contributed by atoms with Gasteiger partial charge in [0.2, 0.25) is 0 Å². The summed E-state index contributed by atoms with van der Waals surface area (Å²) < 4.78 is 2.21. The molecule has 0 atom stereocenters. The van der Waals surface area contributed by atoms with Crippen molar-refractivity contribution in [2.45, 2.75) is 13.3 Å². The van der Waals surface area contributed by atoms with E-state index in [-0.39, 0.29) is 0 Å². The van der Waals surface area contributed by atoms with E-state index in [2.05, 4.69) is 36.7 Å². The number of nitrogens with zero attached hydrogens (tertiary/aromatic N) is 1. The highest BCUT2D eigenvalue weighted by Crippen LogP contribution is 2.25. The molecule has 2 nitrogen and oxygen atoms in total. The van der Waals surface area contributed by atoms with Gasteiger partial charge in [0, 0.05) is 18.0 Å². The Morgan fingerprint density at radius 1 is 0.950 bits per heavy atom. The summed E-state index contributed by atoms with van der Waals surface area (Å²) in [5.74, 6) is 0. The molecule has 1 aromatic heterocycles. The molecule has 0 amide bonds. The highest BCUT2D eigenvalue weighted by Gasteiger charge is 2.12. The molecule has 0 saturated heterocycles. The van der Waals surface area contributed by atoms with E-state index in [1.165, 1.54) is 5.56 Å². The Kier molecular flexibility index (Phi) is 3.15. The van der Waals surface area contributed by atoms with E-state index in [0.29, 0.717) is 5.36 Å². The number of nitrogens with one attached hydrogen (secondary N) is 1. The molecule has 0 bridgehead atoms. The van der Waals surface area contributed by atoms with Crippen LogP contribution in [-0.4, -0.2) is 4.57 Å². The van der Waals surface area contributed by atoms with E-state index in [1.54, 1.807) is 0 Å². The lowest BCUT2D eigenvalue weighted by molar-refractivity contribution is 0.923. The molecule has 0 unspecified atom stereocenters. The van der Waals surface area contributed by atoms with Crippen LogP contribution in [0.2, 0.25) is 0 Å². The van der Waals surface area contributed by atoms with E-state index in [0.717, 1.165) is 28.6 Å². The fourth-order valence-corrected chi connectivity index (χ4v) is 2.89. The summed E-state index contributed by atoms with van der Waals surface area (Å²) in [5.41, 5.74) is 4.54. The molecule has 0 aliphatic heterocycles. The van der Waals surface area contributed by atoms with Gasteiger partial charge in [-0.3, -0.25) is 5.41 Å². The first-order valence-electron chi connectivity index (χ1n) is 6.94. The normalized spacial score (nSPS) is 10.9. The van der Waals surface area contributed by atoms with Gasteiger partial charge in [-0.1, -0.05) is 55.5 Å². The molecule has 0 radical (unpaired) electrons. The fraction of sp³-hybridized carbons (Fsp3) is 0.167. The van der Waals surface area contributed by atoms with Gasteiger partial charge in [0.25, 0.3) is 0 Å². The molecule has 3 rings (SSSR count). The van der Waals surface area contributed by atoms with Crippen molar-refractivity contribution in [3.05, 3.63) is 65.5 Å². The number of aromatic nitrogens is 1. The minimum Gasteiger partial charge on any atom is -0.343 e. The number of pyridine rings is 1. The summed E-state index contributed by atoms with van der Waals surface area (Å²) in [6, 6.07) is 18.5. The van der Waals surface area contributed by atoms with Crippen molar-refractivity contribution in [2.75, 3.05) is 0 Å². The summed E-state index contributed by atoms with van der Waals surface area (Å²) in [6.45, 7) is 2.12. The predicted molar refractivity (Wildman–Crippen MR) is 83.6 cm³/mol. The van der Waals surface area contributed by atoms with Crippen LogP contribution in [0.15, 0.2) is 54.6 Å². The Morgan fingerprint density at radius 3 is 2.30 bits per heavy atom. The average Bonchev–Trinajstić information content (AvgIpc) is 2.51. The maximum Gasteiger partial charge on any atom is 0.0686 e. The van der Waals surface area contributed by atoms with Crippen LogP contribution in [0.25, 0.3) is 22.2 Å². The van der Waals surface area contributed by atoms with Gasteiger partial charge in [0.05, 0.1) is 16.6 Å². The number of rotatable bonds is 2. The molecule has 0 aliphatic rings.